The van der Waals surface area contributed by atoms with Gasteiger partial charge in [-0.2, -0.15) is 0 Å². The Balaban J connectivity index is 1.51. The Kier molecular flexibility index (Phi) is 6.57. The van der Waals surface area contributed by atoms with Crippen LogP contribution in [-0.2, 0) is 0 Å². The lowest BCUT2D eigenvalue weighted by atomic mass is 9.94. The Morgan fingerprint density at radius 2 is 1.84 bits per heavy atom. The summed E-state index contributed by atoms with van der Waals surface area (Å²) in [7, 11) is 2.24. The van der Waals surface area contributed by atoms with Crippen LogP contribution in [0.25, 0.3) is 0 Å². The van der Waals surface area contributed by atoms with Crippen molar-refractivity contribution in [2.75, 3.05) is 59.4 Å². The highest BCUT2D eigenvalue weighted by Crippen LogP contribution is 2.18. The fourth-order valence-electron chi connectivity index (χ4n) is 3.22. The van der Waals surface area contributed by atoms with Gasteiger partial charge in [0, 0.05) is 38.8 Å². The average Bonchev–Trinajstić information content (AvgIpc) is 2.46. The van der Waals surface area contributed by atoms with Crippen molar-refractivity contribution in [2.24, 2.45) is 5.92 Å². The highest BCUT2D eigenvalue weighted by molar-refractivity contribution is 4.76. The van der Waals surface area contributed by atoms with Crippen molar-refractivity contribution < 1.29 is 0 Å². The van der Waals surface area contributed by atoms with Crippen LogP contribution < -0.4 is 10.6 Å². The molecule has 2 aliphatic heterocycles. The van der Waals surface area contributed by atoms with Gasteiger partial charge in [0.25, 0.3) is 0 Å². The molecule has 0 amide bonds. The van der Waals surface area contributed by atoms with Crippen LogP contribution in [0, 0.1) is 5.92 Å². The van der Waals surface area contributed by atoms with Gasteiger partial charge in [-0.25, -0.2) is 0 Å². The van der Waals surface area contributed by atoms with Crippen LogP contribution >= 0.6 is 0 Å². The molecule has 1 atom stereocenters. The third-order valence-electron chi connectivity index (χ3n) is 4.78. The van der Waals surface area contributed by atoms with E-state index in [0.717, 1.165) is 25.6 Å². The topological polar surface area (TPSA) is 30.5 Å². The molecule has 2 aliphatic rings. The smallest absolute Gasteiger partial charge is 0.0193 e. The first-order valence-electron chi connectivity index (χ1n) is 8.09. The van der Waals surface area contributed by atoms with Gasteiger partial charge in [0.1, 0.15) is 0 Å². The fraction of sp³-hybridized carbons (Fsp3) is 1.00. The second kappa shape index (κ2) is 8.20. The van der Waals surface area contributed by atoms with Crippen molar-refractivity contribution in [3.8, 4) is 0 Å². The standard InChI is InChI=1S/C15H32N4/c1-14(19-11-7-16-8-12-19)13-17-6-3-15-4-9-18(2)10-5-15/h14-17H,3-13H2,1-2H3. The molecule has 0 radical (unpaired) electrons. The Hall–Kier alpha value is -0.160. The van der Waals surface area contributed by atoms with Gasteiger partial charge in [-0.3, -0.25) is 4.90 Å². The number of piperidine rings is 1. The van der Waals surface area contributed by atoms with E-state index in [1.165, 1.54) is 52.0 Å². The van der Waals surface area contributed by atoms with E-state index in [-0.39, 0.29) is 0 Å². The van der Waals surface area contributed by atoms with E-state index in [1.54, 1.807) is 0 Å². The van der Waals surface area contributed by atoms with Gasteiger partial charge in [-0.15, -0.1) is 0 Å². The second-order valence-electron chi connectivity index (χ2n) is 6.37. The average molecular weight is 268 g/mol. The summed E-state index contributed by atoms with van der Waals surface area (Å²) in [4.78, 5) is 5.05. The van der Waals surface area contributed by atoms with Crippen LogP contribution in [0.5, 0.6) is 0 Å². The minimum atomic E-state index is 0.680. The van der Waals surface area contributed by atoms with Crippen LogP contribution in [0.1, 0.15) is 26.2 Å². The molecule has 0 aliphatic carbocycles. The van der Waals surface area contributed by atoms with E-state index < -0.39 is 0 Å². The van der Waals surface area contributed by atoms with E-state index in [2.05, 4.69) is 34.4 Å². The van der Waals surface area contributed by atoms with Crippen molar-refractivity contribution in [3.63, 3.8) is 0 Å². The van der Waals surface area contributed by atoms with Crippen LogP contribution in [-0.4, -0.2) is 75.2 Å². The Morgan fingerprint density at radius 3 is 2.53 bits per heavy atom. The monoisotopic (exact) mass is 268 g/mol. The maximum atomic E-state index is 3.67. The van der Waals surface area contributed by atoms with Gasteiger partial charge in [-0.05, 0) is 58.8 Å². The summed E-state index contributed by atoms with van der Waals surface area (Å²) in [5.74, 6) is 0.957. The van der Waals surface area contributed by atoms with Gasteiger partial charge < -0.3 is 15.5 Å². The Bertz CT molecular complexity index is 232. The minimum absolute atomic E-state index is 0.680. The lowest BCUT2D eigenvalue weighted by Crippen LogP contribution is -2.50. The summed E-state index contributed by atoms with van der Waals surface area (Å²) in [5, 5.41) is 7.08. The van der Waals surface area contributed by atoms with Crippen molar-refractivity contribution in [1.82, 2.24) is 20.4 Å². The molecule has 2 N–H and O–H groups in total. The molecule has 2 rings (SSSR count). The van der Waals surface area contributed by atoms with Crippen LogP contribution in [0.3, 0.4) is 0 Å². The summed E-state index contributed by atoms with van der Waals surface area (Å²) in [5.41, 5.74) is 0. The van der Waals surface area contributed by atoms with Gasteiger partial charge in [-0.1, -0.05) is 0 Å². The van der Waals surface area contributed by atoms with Crippen LogP contribution in [0.4, 0.5) is 0 Å². The molecule has 2 saturated heterocycles. The van der Waals surface area contributed by atoms with Gasteiger partial charge in [0.2, 0.25) is 0 Å². The Morgan fingerprint density at radius 1 is 1.16 bits per heavy atom. The Labute approximate surface area is 118 Å². The molecule has 0 aromatic carbocycles. The normalized spacial score (nSPS) is 25.6. The first-order valence-corrected chi connectivity index (χ1v) is 8.09. The molecular weight excluding hydrogens is 236 g/mol. The lowest BCUT2D eigenvalue weighted by Gasteiger charge is -2.33. The highest BCUT2D eigenvalue weighted by atomic mass is 15.2. The number of piperazine rings is 1. The first-order chi connectivity index (χ1) is 9.25. The van der Waals surface area contributed by atoms with E-state index in [0.29, 0.717) is 6.04 Å². The molecule has 2 heterocycles. The number of likely N-dealkylation sites (tertiary alicyclic amines) is 1. The quantitative estimate of drug-likeness (QED) is 0.691. The third kappa shape index (κ3) is 5.38. The molecule has 112 valence electrons. The van der Waals surface area contributed by atoms with E-state index in [9.17, 15) is 0 Å². The molecule has 0 spiro atoms. The summed E-state index contributed by atoms with van der Waals surface area (Å²) >= 11 is 0. The fourth-order valence-corrected chi connectivity index (χ4v) is 3.22. The number of hydrogen-bond acceptors (Lipinski definition) is 4. The van der Waals surface area contributed by atoms with Crippen molar-refractivity contribution >= 4 is 0 Å². The largest absolute Gasteiger partial charge is 0.315 e. The maximum Gasteiger partial charge on any atom is 0.0193 e. The predicted molar refractivity (Wildman–Crippen MR) is 81.6 cm³/mol. The molecular formula is C15H32N4. The lowest BCUT2D eigenvalue weighted by molar-refractivity contribution is 0.178. The number of rotatable bonds is 6. The summed E-state index contributed by atoms with van der Waals surface area (Å²) in [6, 6.07) is 0.680. The van der Waals surface area contributed by atoms with Crippen molar-refractivity contribution in [3.05, 3.63) is 0 Å². The van der Waals surface area contributed by atoms with Gasteiger partial charge in [0.15, 0.2) is 0 Å². The zero-order valence-corrected chi connectivity index (χ0v) is 12.8. The molecule has 0 bridgehead atoms. The zero-order valence-electron chi connectivity index (χ0n) is 12.8. The van der Waals surface area contributed by atoms with E-state index in [4.69, 9.17) is 0 Å². The van der Waals surface area contributed by atoms with Crippen LogP contribution in [0.15, 0.2) is 0 Å². The number of hydrogen-bond donors (Lipinski definition) is 2. The molecule has 0 aromatic rings. The van der Waals surface area contributed by atoms with Crippen molar-refractivity contribution in [2.45, 2.75) is 32.2 Å². The molecule has 19 heavy (non-hydrogen) atoms. The molecule has 0 saturated carbocycles. The second-order valence-corrected chi connectivity index (χ2v) is 6.37. The number of nitrogens with one attached hydrogen (secondary N) is 2. The van der Waals surface area contributed by atoms with Gasteiger partial charge >= 0.3 is 0 Å². The third-order valence-corrected chi connectivity index (χ3v) is 4.78. The minimum Gasteiger partial charge on any atom is -0.315 e. The molecule has 4 nitrogen and oxygen atoms in total. The number of nitrogens with zero attached hydrogens (tertiary/aromatic N) is 2. The summed E-state index contributed by atoms with van der Waals surface area (Å²) < 4.78 is 0. The van der Waals surface area contributed by atoms with Gasteiger partial charge in [0.05, 0.1) is 0 Å². The SMILES string of the molecule is CC(CNCCC1CCN(C)CC1)N1CCNCC1. The van der Waals surface area contributed by atoms with Crippen LogP contribution in [0.2, 0.25) is 0 Å². The molecule has 1 unspecified atom stereocenters. The molecule has 2 fully saturated rings. The maximum absolute atomic E-state index is 3.67. The molecule has 4 heteroatoms. The molecule has 0 aromatic heterocycles. The summed E-state index contributed by atoms with van der Waals surface area (Å²) in [6.45, 7) is 12.0. The predicted octanol–water partition coefficient (Wildman–Crippen LogP) is 0.602. The summed E-state index contributed by atoms with van der Waals surface area (Å²) in [6.07, 6.45) is 4.15. The zero-order chi connectivity index (χ0) is 13.5. The van der Waals surface area contributed by atoms with E-state index >= 15 is 0 Å². The first kappa shape index (κ1) is 15.2. The van der Waals surface area contributed by atoms with E-state index in [1.807, 2.05) is 0 Å². The van der Waals surface area contributed by atoms with Crippen molar-refractivity contribution in [1.29, 1.82) is 0 Å². The highest BCUT2D eigenvalue weighted by Gasteiger charge is 2.17.